The lowest BCUT2D eigenvalue weighted by Crippen LogP contribution is -2.36. The predicted molar refractivity (Wildman–Crippen MR) is 75.8 cm³/mol. The van der Waals surface area contributed by atoms with E-state index in [1.807, 2.05) is 18.2 Å². The lowest BCUT2D eigenvalue weighted by molar-refractivity contribution is -0.128. The third-order valence-electron chi connectivity index (χ3n) is 3.69. The van der Waals surface area contributed by atoms with Crippen molar-refractivity contribution in [3.8, 4) is 0 Å². The van der Waals surface area contributed by atoms with Crippen LogP contribution < -0.4 is 5.32 Å². The molecule has 1 amide bonds. The van der Waals surface area contributed by atoms with Crippen LogP contribution in [0.25, 0.3) is 0 Å². The van der Waals surface area contributed by atoms with Gasteiger partial charge >= 0.3 is 0 Å². The number of amides is 1. The van der Waals surface area contributed by atoms with E-state index in [4.69, 9.17) is 4.74 Å². The average molecular weight is 261 g/mol. The number of carbonyl (C=O) groups excluding carboxylic acids is 1. The minimum atomic E-state index is 0.122. The van der Waals surface area contributed by atoms with Gasteiger partial charge in [-0.05, 0) is 24.8 Å². The van der Waals surface area contributed by atoms with Crippen molar-refractivity contribution >= 4 is 5.91 Å². The molecule has 0 saturated carbocycles. The molecule has 0 spiro atoms. The smallest absolute Gasteiger partial charge is 0.223 e. The van der Waals surface area contributed by atoms with Gasteiger partial charge in [0.2, 0.25) is 5.91 Å². The maximum Gasteiger partial charge on any atom is 0.223 e. The normalized spacial score (nSPS) is 17.9. The second-order valence-electron chi connectivity index (χ2n) is 5.15. The third-order valence-corrected chi connectivity index (χ3v) is 3.69. The lowest BCUT2D eigenvalue weighted by Gasteiger charge is -2.25. The van der Waals surface area contributed by atoms with Gasteiger partial charge in [-0.25, -0.2) is 0 Å². The molecule has 1 N–H and O–H groups in total. The molecule has 104 valence electrons. The molecule has 1 atom stereocenters. The summed E-state index contributed by atoms with van der Waals surface area (Å²) < 4.78 is 5.31. The first-order chi connectivity index (χ1) is 9.31. The van der Waals surface area contributed by atoms with Crippen molar-refractivity contribution in [1.29, 1.82) is 0 Å². The van der Waals surface area contributed by atoms with E-state index in [1.165, 1.54) is 5.56 Å². The molecular formula is C16H23NO2. The number of hydrogen-bond acceptors (Lipinski definition) is 2. The van der Waals surface area contributed by atoms with Crippen molar-refractivity contribution in [2.75, 3.05) is 13.2 Å². The van der Waals surface area contributed by atoms with E-state index in [9.17, 15) is 4.79 Å². The minimum absolute atomic E-state index is 0.122. The van der Waals surface area contributed by atoms with Crippen LogP contribution in [0.3, 0.4) is 0 Å². The van der Waals surface area contributed by atoms with Gasteiger partial charge in [0.1, 0.15) is 0 Å². The third kappa shape index (κ3) is 4.06. The maximum atomic E-state index is 12.3. The summed E-state index contributed by atoms with van der Waals surface area (Å²) in [6.45, 7) is 3.57. The fourth-order valence-corrected chi connectivity index (χ4v) is 2.55. The van der Waals surface area contributed by atoms with Crippen molar-refractivity contribution in [3.05, 3.63) is 35.9 Å². The Morgan fingerprint density at radius 2 is 2.00 bits per heavy atom. The molecule has 1 heterocycles. The quantitative estimate of drug-likeness (QED) is 0.884. The zero-order valence-electron chi connectivity index (χ0n) is 11.6. The molecule has 2 rings (SSSR count). The standard InChI is InChI=1S/C16H23NO2/c1-2-6-15(13-7-4-3-5-8-13)17-16(18)14-9-11-19-12-10-14/h3-5,7-8,14-15H,2,6,9-12H2,1H3,(H,17,18). The largest absolute Gasteiger partial charge is 0.381 e. The van der Waals surface area contributed by atoms with Crippen LogP contribution in [0.15, 0.2) is 30.3 Å². The highest BCUT2D eigenvalue weighted by atomic mass is 16.5. The molecule has 1 aromatic rings. The van der Waals surface area contributed by atoms with Gasteiger partial charge in [-0.15, -0.1) is 0 Å². The van der Waals surface area contributed by atoms with E-state index < -0.39 is 0 Å². The predicted octanol–water partition coefficient (Wildman–Crippen LogP) is 3.07. The molecule has 3 heteroatoms. The Kier molecular flexibility index (Phi) is 5.40. The summed E-state index contributed by atoms with van der Waals surface area (Å²) in [5.41, 5.74) is 1.20. The fraction of sp³-hybridized carbons (Fsp3) is 0.562. The van der Waals surface area contributed by atoms with Crippen molar-refractivity contribution in [2.45, 2.75) is 38.6 Å². The summed E-state index contributed by atoms with van der Waals surface area (Å²) in [7, 11) is 0. The second kappa shape index (κ2) is 7.29. The van der Waals surface area contributed by atoms with Crippen LogP contribution in [0.4, 0.5) is 0 Å². The van der Waals surface area contributed by atoms with Gasteiger partial charge in [0.25, 0.3) is 0 Å². The molecular weight excluding hydrogens is 238 g/mol. The van der Waals surface area contributed by atoms with Crippen molar-refractivity contribution in [3.63, 3.8) is 0 Å². The van der Waals surface area contributed by atoms with E-state index in [0.29, 0.717) is 13.2 Å². The van der Waals surface area contributed by atoms with Gasteiger partial charge in [0, 0.05) is 19.1 Å². The minimum Gasteiger partial charge on any atom is -0.381 e. The molecule has 1 aliphatic rings. The Morgan fingerprint density at radius 1 is 1.32 bits per heavy atom. The summed E-state index contributed by atoms with van der Waals surface area (Å²) in [6.07, 6.45) is 3.74. The highest BCUT2D eigenvalue weighted by molar-refractivity contribution is 5.79. The highest BCUT2D eigenvalue weighted by Crippen LogP contribution is 2.21. The molecule has 0 bridgehead atoms. The molecule has 1 unspecified atom stereocenters. The Labute approximate surface area is 115 Å². The first kappa shape index (κ1) is 14.1. The number of benzene rings is 1. The highest BCUT2D eigenvalue weighted by Gasteiger charge is 2.23. The van der Waals surface area contributed by atoms with E-state index in [1.54, 1.807) is 0 Å². The maximum absolute atomic E-state index is 12.3. The summed E-state index contributed by atoms with van der Waals surface area (Å²) in [4.78, 5) is 12.3. The van der Waals surface area contributed by atoms with Crippen molar-refractivity contribution in [2.24, 2.45) is 5.92 Å². The van der Waals surface area contributed by atoms with Gasteiger partial charge in [0.05, 0.1) is 6.04 Å². The molecule has 19 heavy (non-hydrogen) atoms. The summed E-state index contributed by atoms with van der Waals surface area (Å²) in [5, 5.41) is 3.21. The second-order valence-corrected chi connectivity index (χ2v) is 5.15. The van der Waals surface area contributed by atoms with E-state index in [-0.39, 0.29) is 17.9 Å². The van der Waals surface area contributed by atoms with Gasteiger partial charge in [-0.1, -0.05) is 43.7 Å². The average Bonchev–Trinajstić information content (AvgIpc) is 2.48. The Hall–Kier alpha value is -1.35. The summed E-state index contributed by atoms with van der Waals surface area (Å²) in [6, 6.07) is 10.4. The van der Waals surface area contributed by atoms with Gasteiger partial charge < -0.3 is 10.1 Å². The van der Waals surface area contributed by atoms with Crippen molar-refractivity contribution < 1.29 is 9.53 Å². The van der Waals surface area contributed by atoms with Gasteiger partial charge in [-0.2, -0.15) is 0 Å². The van der Waals surface area contributed by atoms with E-state index in [2.05, 4.69) is 24.4 Å². The SMILES string of the molecule is CCCC(NC(=O)C1CCOCC1)c1ccccc1. The zero-order valence-corrected chi connectivity index (χ0v) is 11.6. The van der Waals surface area contributed by atoms with Gasteiger partial charge in [0.15, 0.2) is 0 Å². The van der Waals surface area contributed by atoms with Gasteiger partial charge in [-0.3, -0.25) is 4.79 Å². The van der Waals surface area contributed by atoms with Crippen LogP contribution in [-0.2, 0) is 9.53 Å². The zero-order chi connectivity index (χ0) is 13.5. The van der Waals surface area contributed by atoms with Crippen LogP contribution in [0.2, 0.25) is 0 Å². The van der Waals surface area contributed by atoms with Crippen LogP contribution in [-0.4, -0.2) is 19.1 Å². The molecule has 1 aromatic carbocycles. The topological polar surface area (TPSA) is 38.3 Å². The number of nitrogens with one attached hydrogen (secondary N) is 1. The molecule has 1 fully saturated rings. The first-order valence-electron chi connectivity index (χ1n) is 7.24. The van der Waals surface area contributed by atoms with Crippen LogP contribution in [0.5, 0.6) is 0 Å². The Balaban J connectivity index is 1.98. The number of rotatable bonds is 5. The molecule has 3 nitrogen and oxygen atoms in total. The Bertz CT molecular complexity index is 385. The van der Waals surface area contributed by atoms with Crippen LogP contribution >= 0.6 is 0 Å². The Morgan fingerprint density at radius 3 is 2.63 bits per heavy atom. The lowest BCUT2D eigenvalue weighted by atomic mass is 9.97. The number of ether oxygens (including phenoxy) is 1. The van der Waals surface area contributed by atoms with Crippen LogP contribution in [0.1, 0.15) is 44.2 Å². The molecule has 1 aliphatic heterocycles. The fourth-order valence-electron chi connectivity index (χ4n) is 2.55. The number of carbonyl (C=O) groups is 1. The summed E-state index contributed by atoms with van der Waals surface area (Å²) in [5.74, 6) is 0.308. The van der Waals surface area contributed by atoms with Crippen molar-refractivity contribution in [1.82, 2.24) is 5.32 Å². The molecule has 1 saturated heterocycles. The molecule has 0 aliphatic carbocycles. The van der Waals surface area contributed by atoms with E-state index >= 15 is 0 Å². The van der Waals surface area contributed by atoms with Crippen LogP contribution in [0, 0.1) is 5.92 Å². The molecule has 0 radical (unpaired) electrons. The molecule has 0 aromatic heterocycles. The monoisotopic (exact) mass is 261 g/mol. The first-order valence-corrected chi connectivity index (χ1v) is 7.24. The number of hydrogen-bond donors (Lipinski definition) is 1. The summed E-state index contributed by atoms with van der Waals surface area (Å²) >= 11 is 0. The van der Waals surface area contributed by atoms with E-state index in [0.717, 1.165) is 25.7 Å².